The van der Waals surface area contributed by atoms with Gasteiger partial charge >= 0.3 is 6.03 Å². The number of carbonyl (C=O) groups excluding carboxylic acids is 1. The van der Waals surface area contributed by atoms with Crippen LogP contribution in [0.3, 0.4) is 0 Å². The Morgan fingerprint density at radius 3 is 2.29 bits per heavy atom. The van der Waals surface area contributed by atoms with E-state index >= 15 is 0 Å². The van der Waals surface area contributed by atoms with E-state index in [1.54, 1.807) is 5.06 Å². The summed E-state index contributed by atoms with van der Waals surface area (Å²) < 4.78 is 0. The van der Waals surface area contributed by atoms with E-state index in [0.717, 1.165) is 25.7 Å². The minimum Gasteiger partial charge on any atom is -0.317 e. The minimum atomic E-state index is 0.0570. The van der Waals surface area contributed by atoms with Gasteiger partial charge in [0.05, 0.1) is 6.04 Å². The van der Waals surface area contributed by atoms with Crippen molar-refractivity contribution in [3.63, 3.8) is 0 Å². The molecular formula is C13H20N2O2. The number of fused-ring (bicyclic) bond motifs is 2. The molecule has 17 heavy (non-hydrogen) atoms. The topological polar surface area (TPSA) is 32.8 Å². The van der Waals surface area contributed by atoms with Crippen LogP contribution in [0.2, 0.25) is 0 Å². The number of urea groups is 1. The Kier molecular flexibility index (Phi) is 2.62. The molecule has 3 heterocycles. The summed E-state index contributed by atoms with van der Waals surface area (Å²) in [4.78, 5) is 20.2. The molecule has 1 aliphatic carbocycles. The molecule has 4 aliphatic rings. The summed E-state index contributed by atoms with van der Waals surface area (Å²) in [7, 11) is 0. The lowest BCUT2D eigenvalue weighted by Crippen LogP contribution is -2.55. The van der Waals surface area contributed by atoms with Crippen molar-refractivity contribution in [2.24, 2.45) is 0 Å². The van der Waals surface area contributed by atoms with Crippen molar-refractivity contribution in [1.29, 1.82) is 0 Å². The zero-order chi connectivity index (χ0) is 12.0. The minimum absolute atomic E-state index is 0.0570. The monoisotopic (exact) mass is 236 g/mol. The molecule has 2 bridgehead atoms. The van der Waals surface area contributed by atoms with Gasteiger partial charge in [0.25, 0.3) is 0 Å². The van der Waals surface area contributed by atoms with Crippen molar-refractivity contribution < 1.29 is 9.63 Å². The van der Waals surface area contributed by atoms with E-state index in [9.17, 15) is 4.79 Å². The molecule has 3 aliphatic heterocycles. The van der Waals surface area contributed by atoms with Gasteiger partial charge in [-0.2, -0.15) is 5.06 Å². The number of hydrogen-bond donors (Lipinski definition) is 0. The summed E-state index contributed by atoms with van der Waals surface area (Å²) in [5, 5.41) is 1.60. The highest BCUT2D eigenvalue weighted by Gasteiger charge is 2.40. The average Bonchev–Trinajstić information content (AvgIpc) is 2.70. The van der Waals surface area contributed by atoms with E-state index in [-0.39, 0.29) is 18.2 Å². The van der Waals surface area contributed by atoms with Crippen molar-refractivity contribution in [3.05, 3.63) is 12.2 Å². The number of carbonyl (C=O) groups is 1. The molecule has 0 radical (unpaired) electrons. The maximum absolute atomic E-state index is 12.5. The molecule has 0 saturated carbocycles. The molecule has 2 saturated heterocycles. The van der Waals surface area contributed by atoms with Crippen LogP contribution in [0.5, 0.6) is 0 Å². The quantitative estimate of drug-likeness (QED) is 0.605. The first-order valence-electron chi connectivity index (χ1n) is 6.63. The van der Waals surface area contributed by atoms with Crippen LogP contribution in [0.4, 0.5) is 4.79 Å². The van der Waals surface area contributed by atoms with Gasteiger partial charge in [0.2, 0.25) is 0 Å². The lowest BCUT2D eigenvalue weighted by atomic mass is 9.98. The molecular weight excluding hydrogens is 216 g/mol. The molecule has 2 fully saturated rings. The van der Waals surface area contributed by atoms with Crippen LogP contribution in [0.1, 0.15) is 39.5 Å². The Labute approximate surface area is 102 Å². The van der Waals surface area contributed by atoms with E-state index < -0.39 is 0 Å². The van der Waals surface area contributed by atoms with Crippen LogP contribution in [0, 0.1) is 0 Å². The fourth-order valence-corrected chi connectivity index (χ4v) is 3.16. The SMILES string of the molecule is C[C@@H]1CC[C@@H](C)N1C(=O)N1O[C@@H]2C=C[C@H]1CC2. The molecule has 0 unspecified atom stereocenters. The van der Waals surface area contributed by atoms with Gasteiger partial charge in [-0.25, -0.2) is 4.79 Å². The first-order valence-corrected chi connectivity index (χ1v) is 6.63. The van der Waals surface area contributed by atoms with E-state index in [4.69, 9.17) is 4.84 Å². The summed E-state index contributed by atoms with van der Waals surface area (Å²) in [6, 6.07) is 0.880. The zero-order valence-corrected chi connectivity index (χ0v) is 10.5. The molecule has 0 aromatic rings. The van der Waals surface area contributed by atoms with E-state index in [2.05, 4.69) is 26.0 Å². The molecule has 0 N–H and O–H groups in total. The summed E-state index contributed by atoms with van der Waals surface area (Å²) >= 11 is 0. The smallest absolute Gasteiger partial charge is 0.317 e. The molecule has 4 heteroatoms. The Hall–Kier alpha value is -1.03. The number of hydroxylamine groups is 2. The van der Waals surface area contributed by atoms with Crippen molar-refractivity contribution >= 4 is 6.03 Å². The van der Waals surface area contributed by atoms with Gasteiger partial charge in [-0.05, 0) is 39.5 Å². The van der Waals surface area contributed by atoms with Crippen LogP contribution in [-0.4, -0.2) is 40.2 Å². The third-order valence-electron chi connectivity index (χ3n) is 4.21. The van der Waals surface area contributed by atoms with Crippen LogP contribution in [0.25, 0.3) is 0 Å². The lowest BCUT2D eigenvalue weighted by molar-refractivity contribution is -0.202. The number of nitrogens with zero attached hydrogens (tertiary/aromatic N) is 2. The van der Waals surface area contributed by atoms with Crippen molar-refractivity contribution in [2.75, 3.05) is 0 Å². The largest absolute Gasteiger partial charge is 0.345 e. The van der Waals surface area contributed by atoms with Crippen LogP contribution >= 0.6 is 0 Å². The fraction of sp³-hybridized carbons (Fsp3) is 0.769. The number of amides is 2. The zero-order valence-electron chi connectivity index (χ0n) is 10.5. The maximum atomic E-state index is 12.5. The van der Waals surface area contributed by atoms with Gasteiger partial charge in [-0.15, -0.1) is 0 Å². The number of rotatable bonds is 0. The molecule has 94 valence electrons. The highest BCUT2D eigenvalue weighted by atomic mass is 16.7. The van der Waals surface area contributed by atoms with Crippen LogP contribution in [-0.2, 0) is 4.84 Å². The lowest BCUT2D eigenvalue weighted by Gasteiger charge is -2.43. The molecule has 0 aromatic heterocycles. The molecule has 0 aromatic carbocycles. The van der Waals surface area contributed by atoms with Crippen LogP contribution < -0.4 is 0 Å². The summed E-state index contributed by atoms with van der Waals surface area (Å²) in [5.74, 6) is 0. The van der Waals surface area contributed by atoms with Gasteiger partial charge in [0.1, 0.15) is 6.10 Å². The van der Waals surface area contributed by atoms with Gasteiger partial charge in [0.15, 0.2) is 0 Å². The first kappa shape index (κ1) is 11.1. The predicted octanol–water partition coefficient (Wildman–Crippen LogP) is 2.31. The fourth-order valence-electron chi connectivity index (χ4n) is 3.16. The number of hydrogen-bond acceptors (Lipinski definition) is 2. The summed E-state index contributed by atoms with van der Waals surface area (Å²) in [5.41, 5.74) is 0. The van der Waals surface area contributed by atoms with Crippen LogP contribution in [0.15, 0.2) is 12.2 Å². The number of likely N-dealkylation sites (tertiary alicyclic amines) is 1. The first-order chi connectivity index (χ1) is 8.16. The Bertz CT molecular complexity index is 345. The molecule has 2 amide bonds. The van der Waals surface area contributed by atoms with Gasteiger partial charge in [-0.3, -0.25) is 4.84 Å². The van der Waals surface area contributed by atoms with E-state index in [1.807, 2.05) is 4.90 Å². The maximum Gasteiger partial charge on any atom is 0.345 e. The Morgan fingerprint density at radius 1 is 1.12 bits per heavy atom. The Balaban J connectivity index is 1.76. The molecule has 4 rings (SSSR count). The van der Waals surface area contributed by atoms with Gasteiger partial charge in [0, 0.05) is 12.1 Å². The van der Waals surface area contributed by atoms with Gasteiger partial charge < -0.3 is 4.90 Å². The second kappa shape index (κ2) is 4.02. The molecule has 4 nitrogen and oxygen atoms in total. The van der Waals surface area contributed by atoms with Gasteiger partial charge in [-0.1, -0.05) is 12.2 Å². The van der Waals surface area contributed by atoms with E-state index in [0.29, 0.717) is 12.1 Å². The standard InChI is InChI=1S/C13H20N2O2/c1-9-3-4-10(2)14(9)13(16)15-11-5-7-12(17-15)8-6-11/h5,7,9-12H,3-4,6,8H2,1-2H3/t9-,10-,11+,12-/m1/s1. The predicted molar refractivity (Wildman–Crippen MR) is 64.3 cm³/mol. The second-order valence-electron chi connectivity index (χ2n) is 5.46. The summed E-state index contributed by atoms with van der Waals surface area (Å²) in [6.07, 6.45) is 8.57. The third-order valence-corrected chi connectivity index (χ3v) is 4.21. The third kappa shape index (κ3) is 1.75. The highest BCUT2D eigenvalue weighted by molar-refractivity contribution is 5.75. The normalized spacial score (nSPS) is 40.1. The van der Waals surface area contributed by atoms with Crippen molar-refractivity contribution in [2.45, 2.75) is 63.8 Å². The van der Waals surface area contributed by atoms with E-state index in [1.165, 1.54) is 0 Å². The highest BCUT2D eigenvalue weighted by Crippen LogP contribution is 2.31. The summed E-state index contributed by atoms with van der Waals surface area (Å²) in [6.45, 7) is 4.25. The average molecular weight is 236 g/mol. The molecule has 4 atom stereocenters. The van der Waals surface area contributed by atoms with Crippen molar-refractivity contribution in [3.8, 4) is 0 Å². The molecule has 0 spiro atoms. The Morgan fingerprint density at radius 2 is 1.82 bits per heavy atom. The van der Waals surface area contributed by atoms with Crippen molar-refractivity contribution in [1.82, 2.24) is 9.96 Å². The second-order valence-corrected chi connectivity index (χ2v) is 5.46.